The average molecular weight is 220 g/mol. The molecule has 0 saturated carbocycles. The second kappa shape index (κ2) is 6.51. The predicted octanol–water partition coefficient (Wildman–Crippen LogP) is 3.83. The first-order valence-corrected chi connectivity index (χ1v) is 6.43. The summed E-state index contributed by atoms with van der Waals surface area (Å²) < 4.78 is 0. The number of hydrogen-bond donors (Lipinski definition) is 0. The monoisotopic (exact) mass is 220 g/mol. The molecular weight excluding hydrogens is 196 g/mol. The van der Waals surface area contributed by atoms with Gasteiger partial charge >= 0.3 is 0 Å². The van der Waals surface area contributed by atoms with Crippen molar-refractivity contribution in [3.05, 3.63) is 23.9 Å². The molecule has 0 amide bonds. The molecule has 0 fully saturated rings. The van der Waals surface area contributed by atoms with E-state index in [4.69, 9.17) is 0 Å². The maximum absolute atomic E-state index is 4.55. The van der Waals surface area contributed by atoms with Crippen LogP contribution >= 0.6 is 0 Å². The van der Waals surface area contributed by atoms with Gasteiger partial charge in [0.05, 0.1) is 0 Å². The van der Waals surface area contributed by atoms with Crippen molar-refractivity contribution in [3.8, 4) is 0 Å². The van der Waals surface area contributed by atoms with Gasteiger partial charge in [-0.2, -0.15) is 0 Å². The number of pyridine rings is 1. The van der Waals surface area contributed by atoms with Gasteiger partial charge in [-0.25, -0.2) is 4.98 Å². The number of rotatable bonds is 6. The van der Waals surface area contributed by atoms with Crippen LogP contribution in [0, 0.1) is 0 Å². The van der Waals surface area contributed by atoms with Crippen LogP contribution in [-0.4, -0.2) is 18.1 Å². The third-order valence-electron chi connectivity index (χ3n) is 3.15. The second-order valence-electron chi connectivity index (χ2n) is 4.31. The van der Waals surface area contributed by atoms with Crippen molar-refractivity contribution < 1.29 is 0 Å². The molecule has 1 aromatic rings. The zero-order valence-electron chi connectivity index (χ0n) is 11.0. The fourth-order valence-electron chi connectivity index (χ4n) is 2.02. The highest BCUT2D eigenvalue weighted by Gasteiger charge is 2.07. The topological polar surface area (TPSA) is 16.1 Å². The van der Waals surface area contributed by atoms with E-state index in [-0.39, 0.29) is 0 Å². The van der Waals surface area contributed by atoms with Gasteiger partial charge in [-0.3, -0.25) is 0 Å². The molecule has 2 nitrogen and oxygen atoms in total. The lowest BCUT2D eigenvalue weighted by Crippen LogP contribution is -2.22. The summed E-state index contributed by atoms with van der Waals surface area (Å²) in [6.45, 7) is 10.9. The van der Waals surface area contributed by atoms with Gasteiger partial charge in [0.1, 0.15) is 5.82 Å². The molecule has 0 spiro atoms. The van der Waals surface area contributed by atoms with Gasteiger partial charge in [0.15, 0.2) is 0 Å². The minimum atomic E-state index is 0.628. The van der Waals surface area contributed by atoms with E-state index in [1.807, 2.05) is 6.20 Å². The standard InChI is InChI=1S/C14H24N2/c1-5-8-12(4)13-9-10-14(15-11-13)16(6-2)7-3/h9-12H,5-8H2,1-4H3. The van der Waals surface area contributed by atoms with Gasteiger partial charge in [-0.05, 0) is 37.8 Å². The normalized spacial score (nSPS) is 12.5. The molecule has 1 aromatic heterocycles. The van der Waals surface area contributed by atoms with Crippen LogP contribution in [0.4, 0.5) is 5.82 Å². The summed E-state index contributed by atoms with van der Waals surface area (Å²) in [5.74, 6) is 1.72. The number of aromatic nitrogens is 1. The van der Waals surface area contributed by atoms with Gasteiger partial charge in [0.2, 0.25) is 0 Å². The van der Waals surface area contributed by atoms with E-state index in [0.717, 1.165) is 18.9 Å². The Labute approximate surface area is 99.7 Å². The Balaban J connectivity index is 2.74. The molecule has 1 heterocycles. The lowest BCUT2D eigenvalue weighted by Gasteiger charge is -2.20. The Morgan fingerprint density at radius 1 is 1.19 bits per heavy atom. The molecule has 1 atom stereocenters. The summed E-state index contributed by atoms with van der Waals surface area (Å²) in [6, 6.07) is 4.37. The highest BCUT2D eigenvalue weighted by atomic mass is 15.2. The van der Waals surface area contributed by atoms with Crippen molar-refractivity contribution in [2.24, 2.45) is 0 Å². The predicted molar refractivity (Wildman–Crippen MR) is 71.1 cm³/mol. The Kier molecular flexibility index (Phi) is 5.30. The highest BCUT2D eigenvalue weighted by molar-refractivity contribution is 5.39. The molecule has 16 heavy (non-hydrogen) atoms. The summed E-state index contributed by atoms with van der Waals surface area (Å²) in [6.07, 6.45) is 4.51. The van der Waals surface area contributed by atoms with Gasteiger partial charge in [0, 0.05) is 19.3 Å². The average Bonchev–Trinajstić information content (AvgIpc) is 2.32. The van der Waals surface area contributed by atoms with Crippen molar-refractivity contribution >= 4 is 5.82 Å². The van der Waals surface area contributed by atoms with Gasteiger partial charge in [-0.15, -0.1) is 0 Å². The summed E-state index contributed by atoms with van der Waals surface area (Å²) in [4.78, 5) is 6.82. The van der Waals surface area contributed by atoms with Crippen molar-refractivity contribution in [3.63, 3.8) is 0 Å². The van der Waals surface area contributed by atoms with E-state index in [1.54, 1.807) is 0 Å². The quantitative estimate of drug-likeness (QED) is 0.724. The van der Waals surface area contributed by atoms with E-state index in [9.17, 15) is 0 Å². The summed E-state index contributed by atoms with van der Waals surface area (Å²) in [5, 5.41) is 0. The van der Waals surface area contributed by atoms with Gasteiger partial charge in [-0.1, -0.05) is 26.3 Å². The molecule has 0 aromatic carbocycles. The first-order chi connectivity index (χ1) is 7.72. The van der Waals surface area contributed by atoms with Crippen LogP contribution in [0.25, 0.3) is 0 Å². The third-order valence-corrected chi connectivity index (χ3v) is 3.15. The van der Waals surface area contributed by atoms with E-state index in [1.165, 1.54) is 18.4 Å². The van der Waals surface area contributed by atoms with Crippen molar-refractivity contribution in [1.82, 2.24) is 4.98 Å². The molecule has 0 N–H and O–H groups in total. The van der Waals surface area contributed by atoms with Crippen LogP contribution in [0.2, 0.25) is 0 Å². The number of nitrogens with zero attached hydrogens (tertiary/aromatic N) is 2. The summed E-state index contributed by atoms with van der Waals surface area (Å²) >= 11 is 0. The molecule has 0 saturated heterocycles. The van der Waals surface area contributed by atoms with Crippen molar-refractivity contribution in [2.45, 2.75) is 46.5 Å². The Bertz CT molecular complexity index is 288. The fraction of sp³-hybridized carbons (Fsp3) is 0.643. The second-order valence-corrected chi connectivity index (χ2v) is 4.31. The highest BCUT2D eigenvalue weighted by Crippen LogP contribution is 2.21. The number of hydrogen-bond acceptors (Lipinski definition) is 2. The van der Waals surface area contributed by atoms with Crippen LogP contribution in [0.15, 0.2) is 18.3 Å². The molecule has 0 aliphatic carbocycles. The number of anilines is 1. The minimum Gasteiger partial charge on any atom is -0.357 e. The van der Waals surface area contributed by atoms with Crippen LogP contribution in [0.5, 0.6) is 0 Å². The van der Waals surface area contributed by atoms with Gasteiger partial charge < -0.3 is 4.90 Å². The van der Waals surface area contributed by atoms with Crippen LogP contribution in [0.3, 0.4) is 0 Å². The summed E-state index contributed by atoms with van der Waals surface area (Å²) in [7, 11) is 0. The molecule has 0 bridgehead atoms. The van der Waals surface area contributed by atoms with Gasteiger partial charge in [0.25, 0.3) is 0 Å². The van der Waals surface area contributed by atoms with Crippen LogP contribution in [-0.2, 0) is 0 Å². The molecule has 2 heteroatoms. The molecule has 0 radical (unpaired) electrons. The first kappa shape index (κ1) is 13.0. The molecule has 0 aliphatic rings. The molecular formula is C14H24N2. The maximum Gasteiger partial charge on any atom is 0.128 e. The Morgan fingerprint density at radius 3 is 2.31 bits per heavy atom. The zero-order valence-corrected chi connectivity index (χ0v) is 11.0. The lowest BCUT2D eigenvalue weighted by atomic mass is 9.98. The molecule has 0 aliphatic heterocycles. The fourth-order valence-corrected chi connectivity index (χ4v) is 2.02. The summed E-state index contributed by atoms with van der Waals surface area (Å²) in [5.41, 5.74) is 1.36. The molecule has 1 unspecified atom stereocenters. The van der Waals surface area contributed by atoms with E-state index >= 15 is 0 Å². The smallest absolute Gasteiger partial charge is 0.128 e. The minimum absolute atomic E-state index is 0.628. The third kappa shape index (κ3) is 3.22. The van der Waals surface area contributed by atoms with Crippen LogP contribution in [0.1, 0.15) is 52.0 Å². The Morgan fingerprint density at radius 2 is 1.88 bits per heavy atom. The SMILES string of the molecule is CCCC(C)c1ccc(N(CC)CC)nc1. The van der Waals surface area contributed by atoms with Crippen molar-refractivity contribution in [2.75, 3.05) is 18.0 Å². The van der Waals surface area contributed by atoms with E-state index in [0.29, 0.717) is 5.92 Å². The lowest BCUT2D eigenvalue weighted by molar-refractivity contribution is 0.662. The van der Waals surface area contributed by atoms with E-state index < -0.39 is 0 Å². The zero-order chi connectivity index (χ0) is 12.0. The molecule has 1 rings (SSSR count). The first-order valence-electron chi connectivity index (χ1n) is 6.43. The van der Waals surface area contributed by atoms with E-state index in [2.05, 4.69) is 49.7 Å². The molecule has 90 valence electrons. The van der Waals surface area contributed by atoms with Crippen molar-refractivity contribution in [1.29, 1.82) is 0 Å². The van der Waals surface area contributed by atoms with Crippen LogP contribution < -0.4 is 4.90 Å². The maximum atomic E-state index is 4.55. The Hall–Kier alpha value is -1.05. The largest absolute Gasteiger partial charge is 0.357 e.